The third-order valence-corrected chi connectivity index (χ3v) is 56.5. The van der Waals surface area contributed by atoms with Gasteiger partial charge in [0.05, 0.1) is 0 Å². The Hall–Kier alpha value is 2.15. The second-order valence-electron chi connectivity index (χ2n) is 7.03. The number of rotatable bonds is 1. The van der Waals surface area contributed by atoms with Crippen LogP contribution < -0.4 is 0 Å². The van der Waals surface area contributed by atoms with Crippen molar-refractivity contribution in [2.24, 2.45) is 0 Å². The van der Waals surface area contributed by atoms with E-state index in [1.807, 2.05) is 0 Å². The molecule has 0 N–H and O–H groups in total. The van der Waals surface area contributed by atoms with Crippen molar-refractivity contribution in [1.82, 2.24) is 4.90 Å². The van der Waals surface area contributed by atoms with Gasteiger partial charge in [-0.1, -0.05) is 0 Å². The van der Waals surface area contributed by atoms with E-state index in [4.69, 9.17) is 16.3 Å². The molecule has 2 aliphatic rings. The van der Waals surface area contributed by atoms with Crippen LogP contribution in [-0.2, 0) is 4.12 Å². The van der Waals surface area contributed by atoms with Crippen LogP contribution in [0.1, 0.15) is 19.3 Å². The van der Waals surface area contributed by atoms with Crippen molar-refractivity contribution in [2.45, 2.75) is 53.6 Å². The summed E-state index contributed by atoms with van der Waals surface area (Å²) in [4.78, 5) is 2.48. The predicted octanol–water partition coefficient (Wildman–Crippen LogP) is 4.89. The van der Waals surface area contributed by atoms with Crippen LogP contribution in [0.5, 0.6) is 0 Å². The molecule has 118 valence electrons. The van der Waals surface area contributed by atoms with E-state index in [0.29, 0.717) is 0 Å². The third-order valence-electron chi connectivity index (χ3n) is 3.51. The van der Waals surface area contributed by atoms with Gasteiger partial charge in [-0.25, -0.2) is 0 Å². The fourth-order valence-electron chi connectivity index (χ4n) is 3.21. The second-order valence-corrected chi connectivity index (χ2v) is 46.7. The van der Waals surface area contributed by atoms with E-state index >= 15 is 0 Å². The molecule has 2 heterocycles. The molecule has 0 aromatic carbocycles. The normalized spacial score (nSPS) is 29.8. The van der Waals surface area contributed by atoms with Crippen LogP contribution in [0.2, 0.25) is 34.4 Å². The summed E-state index contributed by atoms with van der Waals surface area (Å²) in [6, 6.07) is 0. The van der Waals surface area contributed by atoms with E-state index in [0.717, 1.165) is 0 Å². The van der Waals surface area contributed by atoms with Gasteiger partial charge in [-0.15, -0.1) is 0 Å². The first-order valence-corrected chi connectivity index (χ1v) is 27.6. The van der Waals surface area contributed by atoms with Crippen molar-refractivity contribution in [3.05, 3.63) is 0 Å². The van der Waals surface area contributed by atoms with Crippen LogP contribution in [0.25, 0.3) is 0 Å². The van der Waals surface area contributed by atoms with Gasteiger partial charge in [-0.05, 0) is 0 Å². The Morgan fingerprint density at radius 2 is 1.60 bits per heavy atom. The SMILES string of the molecule is C[Si]1(C)C[Te](I)(SC(=S)N2CCCCC2)C[Si](C)(C)O1. The van der Waals surface area contributed by atoms with E-state index in [1.165, 1.54) is 44.9 Å². The molecule has 0 aliphatic carbocycles. The van der Waals surface area contributed by atoms with E-state index < -0.39 is 29.5 Å². The average Bonchev–Trinajstić information content (AvgIpc) is 2.24. The summed E-state index contributed by atoms with van der Waals surface area (Å²) in [7, 11) is -0.718. The van der Waals surface area contributed by atoms with Gasteiger partial charge in [0.15, 0.2) is 0 Å². The van der Waals surface area contributed by atoms with Crippen molar-refractivity contribution in [1.29, 1.82) is 0 Å². The van der Waals surface area contributed by atoms with Gasteiger partial charge in [-0.2, -0.15) is 0 Å². The summed E-state index contributed by atoms with van der Waals surface area (Å²) in [5, 5.41) is 0. The summed E-state index contributed by atoms with van der Waals surface area (Å²) >= 11 is 6.73. The molecule has 2 aliphatic heterocycles. The van der Waals surface area contributed by atoms with Crippen molar-refractivity contribution >= 4 is 73.7 Å². The molecule has 0 radical (unpaired) electrons. The minimum absolute atomic E-state index is 1.19. The first kappa shape index (κ1) is 18.5. The molecule has 0 spiro atoms. The first-order chi connectivity index (χ1) is 9.11. The molecule has 2 saturated heterocycles. The first-order valence-electron chi connectivity index (χ1n) is 7.28. The topological polar surface area (TPSA) is 12.5 Å². The maximum atomic E-state index is 6.53. The zero-order chi connectivity index (χ0) is 15.0. The molecule has 0 aromatic heterocycles. The van der Waals surface area contributed by atoms with E-state index in [2.05, 4.69) is 58.8 Å². The quantitative estimate of drug-likeness (QED) is 0.251. The molecular formula is C12H26INOS2Si2Te. The molecule has 2 rings (SSSR count). The van der Waals surface area contributed by atoms with Gasteiger partial charge in [0.1, 0.15) is 0 Å². The van der Waals surface area contributed by atoms with Crippen LogP contribution in [-0.4, -0.2) is 51.8 Å². The van der Waals surface area contributed by atoms with Crippen molar-refractivity contribution < 1.29 is 4.12 Å². The van der Waals surface area contributed by atoms with Crippen LogP contribution in [0.3, 0.4) is 0 Å². The average molecular weight is 575 g/mol. The molecule has 0 unspecified atom stereocenters. The van der Waals surface area contributed by atoms with E-state index in [1.54, 1.807) is 0 Å². The minimum atomic E-state index is -1.95. The van der Waals surface area contributed by atoms with Gasteiger partial charge in [0.2, 0.25) is 0 Å². The molecular weight excluding hydrogens is 549 g/mol. The summed E-state index contributed by atoms with van der Waals surface area (Å²) in [6.07, 6.45) is 4.03. The number of thiocarbonyl (C=S) groups is 1. The summed E-state index contributed by atoms with van der Waals surface area (Å²) < 4.78 is 10.6. The Kier molecular flexibility index (Phi) is 6.43. The molecule has 0 amide bonds. The molecule has 2 nitrogen and oxygen atoms in total. The number of halogens is 1. The Morgan fingerprint density at radius 1 is 1.10 bits per heavy atom. The molecule has 8 heteroatoms. The molecule has 0 saturated carbocycles. The van der Waals surface area contributed by atoms with E-state index in [9.17, 15) is 0 Å². The van der Waals surface area contributed by atoms with Crippen LogP contribution >= 0.6 is 39.9 Å². The van der Waals surface area contributed by atoms with Gasteiger partial charge in [0.25, 0.3) is 0 Å². The Morgan fingerprint density at radius 3 is 2.10 bits per heavy atom. The number of nitrogens with zero attached hydrogens (tertiary/aromatic N) is 1. The molecule has 0 aromatic rings. The third kappa shape index (κ3) is 5.36. The Balaban J connectivity index is 2.04. The molecule has 0 bridgehead atoms. The summed E-state index contributed by atoms with van der Waals surface area (Å²) in [5.74, 6) is 0. The number of likely N-dealkylation sites (tertiary alicyclic amines) is 1. The molecule has 0 atom stereocenters. The molecule has 2 fully saturated rings. The number of hydrogen-bond donors (Lipinski definition) is 0. The van der Waals surface area contributed by atoms with Crippen LogP contribution in [0.15, 0.2) is 0 Å². The van der Waals surface area contributed by atoms with Crippen molar-refractivity contribution in [2.75, 3.05) is 13.1 Å². The predicted molar refractivity (Wildman–Crippen MR) is 111 cm³/mol. The van der Waals surface area contributed by atoms with Gasteiger partial charge in [-0.3, -0.25) is 0 Å². The second kappa shape index (κ2) is 6.95. The fourth-order valence-corrected chi connectivity index (χ4v) is 93.0. The van der Waals surface area contributed by atoms with Gasteiger partial charge in [0, 0.05) is 0 Å². The monoisotopic (exact) mass is 577 g/mol. The number of hydrogen-bond acceptors (Lipinski definition) is 3. The van der Waals surface area contributed by atoms with E-state index in [-0.39, 0.29) is 0 Å². The van der Waals surface area contributed by atoms with Gasteiger partial charge >= 0.3 is 149 Å². The maximum absolute atomic E-state index is 6.53. The Bertz CT molecular complexity index is 376. The zero-order valence-electron chi connectivity index (χ0n) is 12.9. The van der Waals surface area contributed by atoms with Crippen LogP contribution in [0, 0.1) is 0 Å². The zero-order valence-corrected chi connectivity index (χ0v) is 21.0. The number of piperidine rings is 1. The summed E-state index contributed by atoms with van der Waals surface area (Å²) in [5.41, 5.74) is 0. The Labute approximate surface area is 148 Å². The van der Waals surface area contributed by atoms with Crippen LogP contribution in [0.4, 0.5) is 0 Å². The van der Waals surface area contributed by atoms with Crippen molar-refractivity contribution in [3.8, 4) is 0 Å². The van der Waals surface area contributed by atoms with Crippen molar-refractivity contribution in [3.63, 3.8) is 0 Å². The fraction of sp³-hybridized carbons (Fsp3) is 0.917. The standard InChI is InChI=1S/C12H26INOS2Si2Te/c1-18(2)10-20(13,11-19(3,4)15-18)17-12(16)14-8-6-5-7-9-14/h5-11H2,1-4H3. The van der Waals surface area contributed by atoms with Gasteiger partial charge < -0.3 is 0 Å². The summed E-state index contributed by atoms with van der Waals surface area (Å²) in [6.45, 7) is 12.1. The molecule has 20 heavy (non-hydrogen) atoms.